The van der Waals surface area contributed by atoms with E-state index in [0.717, 1.165) is 53.9 Å². The Labute approximate surface area is 185 Å². The van der Waals surface area contributed by atoms with Crippen molar-refractivity contribution in [1.82, 2.24) is 9.88 Å². The van der Waals surface area contributed by atoms with Crippen molar-refractivity contribution in [3.05, 3.63) is 53.3 Å². The van der Waals surface area contributed by atoms with E-state index in [4.69, 9.17) is 4.98 Å². The van der Waals surface area contributed by atoms with Crippen LogP contribution in [0.4, 0.5) is 9.52 Å². The van der Waals surface area contributed by atoms with Crippen LogP contribution in [0.5, 0.6) is 0 Å². The number of fused-ring (bicyclic) bond motifs is 1. The monoisotopic (exact) mass is 443 g/mol. The summed E-state index contributed by atoms with van der Waals surface area (Å²) < 4.78 is 14.2. The van der Waals surface area contributed by atoms with E-state index in [9.17, 15) is 9.18 Å². The second kappa shape index (κ2) is 9.35. The lowest BCUT2D eigenvalue weighted by atomic mass is 10.1. The van der Waals surface area contributed by atoms with Crippen LogP contribution in [0.2, 0.25) is 0 Å². The standard InChI is InChI=1S/C23H26FN3OS2/c1-16-5-10-20-22(17(16)2)25-23(30-20)27-13-11-26(12-14-27)21(28)4-3-15-29-19-8-6-18(24)7-9-19/h5-10H,3-4,11-15H2,1-2H3. The van der Waals surface area contributed by atoms with Crippen molar-refractivity contribution in [3.8, 4) is 0 Å². The Bertz CT molecular complexity index is 1030. The van der Waals surface area contributed by atoms with Gasteiger partial charge in [-0.3, -0.25) is 4.79 Å². The maximum absolute atomic E-state index is 12.9. The molecule has 0 aliphatic carbocycles. The van der Waals surface area contributed by atoms with Gasteiger partial charge in [0.15, 0.2) is 5.13 Å². The molecule has 0 atom stereocenters. The van der Waals surface area contributed by atoms with Gasteiger partial charge in [-0.25, -0.2) is 9.37 Å². The van der Waals surface area contributed by atoms with Gasteiger partial charge in [-0.1, -0.05) is 17.4 Å². The Morgan fingerprint density at radius 3 is 2.57 bits per heavy atom. The van der Waals surface area contributed by atoms with E-state index in [1.807, 2.05) is 4.90 Å². The summed E-state index contributed by atoms with van der Waals surface area (Å²) in [6.45, 7) is 7.40. The highest BCUT2D eigenvalue weighted by Crippen LogP contribution is 2.32. The zero-order valence-corrected chi connectivity index (χ0v) is 19.0. The van der Waals surface area contributed by atoms with Crippen LogP contribution in [0.3, 0.4) is 0 Å². The predicted octanol–water partition coefficient (Wildman–Crippen LogP) is 5.27. The number of nitrogens with zero attached hydrogens (tertiary/aromatic N) is 3. The molecule has 3 aromatic rings. The average molecular weight is 444 g/mol. The highest BCUT2D eigenvalue weighted by Gasteiger charge is 2.23. The highest BCUT2D eigenvalue weighted by molar-refractivity contribution is 7.99. The lowest BCUT2D eigenvalue weighted by molar-refractivity contribution is -0.131. The molecule has 0 N–H and O–H groups in total. The summed E-state index contributed by atoms with van der Waals surface area (Å²) in [7, 11) is 0. The second-order valence-corrected chi connectivity index (χ2v) is 9.80. The predicted molar refractivity (Wildman–Crippen MR) is 124 cm³/mol. The first kappa shape index (κ1) is 21.1. The minimum atomic E-state index is -0.218. The minimum Gasteiger partial charge on any atom is -0.345 e. The van der Waals surface area contributed by atoms with Crippen LogP contribution in [0.15, 0.2) is 41.3 Å². The molecule has 7 heteroatoms. The van der Waals surface area contributed by atoms with Gasteiger partial charge in [0.05, 0.1) is 10.2 Å². The molecule has 2 aromatic carbocycles. The number of halogens is 1. The topological polar surface area (TPSA) is 36.4 Å². The third-order valence-corrected chi connectivity index (χ3v) is 7.77. The Kier molecular flexibility index (Phi) is 6.58. The molecule has 1 amide bonds. The SMILES string of the molecule is Cc1ccc2sc(N3CCN(C(=O)CCCSc4ccc(F)cc4)CC3)nc2c1C. The molecular weight excluding hydrogens is 417 g/mol. The Hall–Kier alpha value is -2.12. The average Bonchev–Trinajstić information content (AvgIpc) is 3.20. The first-order chi connectivity index (χ1) is 14.5. The largest absolute Gasteiger partial charge is 0.345 e. The number of hydrogen-bond donors (Lipinski definition) is 0. The summed E-state index contributed by atoms with van der Waals surface area (Å²) in [5.41, 5.74) is 3.63. The Morgan fingerprint density at radius 1 is 1.10 bits per heavy atom. The second-order valence-electron chi connectivity index (χ2n) is 7.62. The fourth-order valence-corrected chi connectivity index (χ4v) is 5.53. The molecule has 2 heterocycles. The van der Waals surface area contributed by atoms with Gasteiger partial charge in [-0.15, -0.1) is 11.8 Å². The number of benzene rings is 2. The molecule has 1 aromatic heterocycles. The number of thiazole rings is 1. The molecule has 0 radical (unpaired) electrons. The summed E-state index contributed by atoms with van der Waals surface area (Å²) in [4.78, 5) is 22.7. The number of hydrogen-bond acceptors (Lipinski definition) is 5. The van der Waals surface area contributed by atoms with Gasteiger partial charge in [-0.05, 0) is 67.5 Å². The molecular formula is C23H26FN3OS2. The first-order valence-corrected chi connectivity index (χ1v) is 12.1. The number of anilines is 1. The number of aryl methyl sites for hydroxylation is 2. The van der Waals surface area contributed by atoms with Crippen molar-refractivity contribution in [1.29, 1.82) is 0 Å². The van der Waals surface area contributed by atoms with Gasteiger partial charge in [0.25, 0.3) is 0 Å². The molecule has 1 fully saturated rings. The summed E-state index contributed by atoms with van der Waals surface area (Å²) in [6, 6.07) is 10.8. The van der Waals surface area contributed by atoms with E-state index in [0.29, 0.717) is 6.42 Å². The summed E-state index contributed by atoms with van der Waals surface area (Å²) in [5.74, 6) is 0.872. The van der Waals surface area contributed by atoms with Gasteiger partial charge >= 0.3 is 0 Å². The third kappa shape index (κ3) is 4.78. The van der Waals surface area contributed by atoms with E-state index in [2.05, 4.69) is 30.9 Å². The first-order valence-electron chi connectivity index (χ1n) is 10.3. The molecule has 0 spiro atoms. The van der Waals surface area contributed by atoms with E-state index < -0.39 is 0 Å². The fraction of sp³-hybridized carbons (Fsp3) is 0.391. The van der Waals surface area contributed by atoms with Crippen molar-refractivity contribution in [2.24, 2.45) is 0 Å². The van der Waals surface area contributed by atoms with Crippen LogP contribution in [0.1, 0.15) is 24.0 Å². The van der Waals surface area contributed by atoms with Crippen molar-refractivity contribution < 1.29 is 9.18 Å². The Balaban J connectivity index is 1.24. The van der Waals surface area contributed by atoms with Crippen molar-refractivity contribution in [3.63, 3.8) is 0 Å². The number of rotatable bonds is 6. The van der Waals surface area contributed by atoms with Crippen molar-refractivity contribution in [2.75, 3.05) is 36.8 Å². The summed E-state index contributed by atoms with van der Waals surface area (Å²) in [6.07, 6.45) is 1.39. The van der Waals surface area contributed by atoms with Crippen molar-refractivity contribution in [2.45, 2.75) is 31.6 Å². The van der Waals surface area contributed by atoms with Crippen LogP contribution in [-0.4, -0.2) is 47.7 Å². The molecule has 30 heavy (non-hydrogen) atoms. The molecule has 4 rings (SSSR count). The maximum Gasteiger partial charge on any atom is 0.222 e. The highest BCUT2D eigenvalue weighted by atomic mass is 32.2. The Morgan fingerprint density at radius 2 is 1.83 bits per heavy atom. The molecule has 1 saturated heterocycles. The van der Waals surface area contributed by atoms with Gasteiger partial charge in [0.2, 0.25) is 5.91 Å². The van der Waals surface area contributed by atoms with Crippen LogP contribution in [0, 0.1) is 19.7 Å². The number of carbonyl (C=O) groups is 1. The zero-order valence-electron chi connectivity index (χ0n) is 17.4. The fourth-order valence-electron chi connectivity index (χ4n) is 3.60. The van der Waals surface area contributed by atoms with Gasteiger partial charge < -0.3 is 9.80 Å². The molecule has 0 bridgehead atoms. The minimum absolute atomic E-state index is 0.218. The lowest BCUT2D eigenvalue weighted by Gasteiger charge is -2.34. The summed E-state index contributed by atoms with van der Waals surface area (Å²) in [5, 5.41) is 1.06. The normalized spacial score (nSPS) is 14.5. The summed E-state index contributed by atoms with van der Waals surface area (Å²) >= 11 is 3.40. The van der Waals surface area contributed by atoms with Crippen LogP contribution >= 0.6 is 23.1 Å². The maximum atomic E-state index is 12.9. The molecule has 158 valence electrons. The van der Waals surface area contributed by atoms with Gasteiger partial charge in [-0.2, -0.15) is 0 Å². The number of piperazine rings is 1. The molecule has 1 aliphatic heterocycles. The quantitative estimate of drug-likeness (QED) is 0.384. The molecule has 4 nitrogen and oxygen atoms in total. The van der Waals surface area contributed by atoms with Crippen LogP contribution in [-0.2, 0) is 4.79 Å². The number of aromatic nitrogens is 1. The number of amides is 1. The molecule has 0 saturated carbocycles. The van der Waals surface area contributed by atoms with Crippen molar-refractivity contribution >= 4 is 44.4 Å². The van der Waals surface area contributed by atoms with E-state index in [1.165, 1.54) is 28.0 Å². The number of carbonyl (C=O) groups excluding carboxylic acids is 1. The van der Waals surface area contributed by atoms with Crippen LogP contribution < -0.4 is 4.90 Å². The van der Waals surface area contributed by atoms with Crippen LogP contribution in [0.25, 0.3) is 10.2 Å². The number of thioether (sulfide) groups is 1. The smallest absolute Gasteiger partial charge is 0.222 e. The van der Waals surface area contributed by atoms with Gasteiger partial charge in [0.1, 0.15) is 5.82 Å². The van der Waals surface area contributed by atoms with Gasteiger partial charge in [0, 0.05) is 37.5 Å². The molecule has 1 aliphatic rings. The third-order valence-electron chi connectivity index (χ3n) is 5.59. The van der Waals surface area contributed by atoms with E-state index in [1.54, 1.807) is 35.2 Å². The zero-order chi connectivity index (χ0) is 21.1. The molecule has 0 unspecified atom stereocenters. The lowest BCUT2D eigenvalue weighted by Crippen LogP contribution is -2.48. The van der Waals surface area contributed by atoms with E-state index >= 15 is 0 Å². The van der Waals surface area contributed by atoms with E-state index in [-0.39, 0.29) is 11.7 Å².